The molecule has 0 amide bonds. The van der Waals surface area contributed by atoms with E-state index < -0.39 is 17.1 Å². The number of hydrogen-bond acceptors (Lipinski definition) is 1. The van der Waals surface area contributed by atoms with Crippen LogP contribution in [-0.2, 0) is 0 Å². The second-order valence-corrected chi connectivity index (χ2v) is 14.3. The van der Waals surface area contributed by atoms with Crippen molar-refractivity contribution in [3.8, 4) is 5.75 Å². The highest BCUT2D eigenvalue weighted by Crippen LogP contribution is 2.37. The Kier molecular flexibility index (Phi) is 4.25. The Labute approximate surface area is 109 Å². The fourth-order valence-electron chi connectivity index (χ4n) is 1.37. The summed E-state index contributed by atoms with van der Waals surface area (Å²) in [7, 11) is -2.36. The highest BCUT2D eigenvalue weighted by atomic mass is 28.4. The van der Waals surface area contributed by atoms with Crippen molar-refractivity contribution in [3.63, 3.8) is 0 Å². The standard InChI is InChI=1S/C14H26OSi2/c1-14(2,3)17(6,7)15-12-8-10-13(11-9-12)16(4)5/h8-11,16H,1-7H3. The van der Waals surface area contributed by atoms with Crippen LogP contribution in [0.4, 0.5) is 0 Å². The van der Waals surface area contributed by atoms with Gasteiger partial charge >= 0.3 is 0 Å². The Morgan fingerprint density at radius 1 is 1.00 bits per heavy atom. The zero-order valence-corrected chi connectivity index (χ0v) is 14.4. The fraction of sp³-hybridized carbons (Fsp3) is 0.571. The molecule has 1 nitrogen and oxygen atoms in total. The van der Waals surface area contributed by atoms with Gasteiger partial charge in [-0.05, 0) is 30.3 Å². The van der Waals surface area contributed by atoms with Crippen LogP contribution >= 0.6 is 0 Å². The Hall–Kier alpha value is -0.546. The van der Waals surface area contributed by atoms with E-state index >= 15 is 0 Å². The van der Waals surface area contributed by atoms with Crippen molar-refractivity contribution in [3.05, 3.63) is 24.3 Å². The summed E-state index contributed by atoms with van der Waals surface area (Å²) in [5.41, 5.74) is 0. The second kappa shape index (κ2) is 4.98. The van der Waals surface area contributed by atoms with Gasteiger partial charge in [0.15, 0.2) is 0 Å². The van der Waals surface area contributed by atoms with Crippen LogP contribution in [-0.4, -0.2) is 17.1 Å². The van der Waals surface area contributed by atoms with Crippen LogP contribution in [0.5, 0.6) is 5.75 Å². The second-order valence-electron chi connectivity index (χ2n) is 6.59. The maximum Gasteiger partial charge on any atom is 0.250 e. The first-order valence-electron chi connectivity index (χ1n) is 6.42. The van der Waals surface area contributed by atoms with Crippen LogP contribution in [0.1, 0.15) is 20.8 Å². The first-order chi connectivity index (χ1) is 7.63. The van der Waals surface area contributed by atoms with Crippen LogP contribution in [0.3, 0.4) is 0 Å². The van der Waals surface area contributed by atoms with E-state index in [9.17, 15) is 0 Å². The zero-order valence-electron chi connectivity index (χ0n) is 12.3. The van der Waals surface area contributed by atoms with Crippen molar-refractivity contribution in [1.29, 1.82) is 0 Å². The van der Waals surface area contributed by atoms with Crippen molar-refractivity contribution in [2.75, 3.05) is 0 Å². The minimum Gasteiger partial charge on any atom is -0.544 e. The summed E-state index contributed by atoms with van der Waals surface area (Å²) in [5, 5.41) is 1.77. The quantitative estimate of drug-likeness (QED) is 0.757. The van der Waals surface area contributed by atoms with Crippen LogP contribution in [0.15, 0.2) is 24.3 Å². The average Bonchev–Trinajstić information content (AvgIpc) is 2.16. The third-order valence-electron chi connectivity index (χ3n) is 3.73. The number of benzene rings is 1. The molecule has 0 heterocycles. The molecule has 0 aliphatic heterocycles. The summed E-state index contributed by atoms with van der Waals surface area (Å²) in [6.45, 7) is 16.1. The molecule has 0 aromatic heterocycles. The van der Waals surface area contributed by atoms with Crippen LogP contribution in [0.2, 0.25) is 31.2 Å². The molecule has 0 saturated carbocycles. The van der Waals surface area contributed by atoms with Gasteiger partial charge in [-0.15, -0.1) is 0 Å². The molecule has 0 saturated heterocycles. The molecule has 17 heavy (non-hydrogen) atoms. The molecule has 0 atom stereocenters. The predicted octanol–water partition coefficient (Wildman–Crippen LogP) is 3.76. The Morgan fingerprint density at radius 2 is 1.47 bits per heavy atom. The van der Waals surface area contributed by atoms with Gasteiger partial charge in [-0.1, -0.05) is 51.2 Å². The minimum atomic E-state index is -1.68. The van der Waals surface area contributed by atoms with Gasteiger partial charge in [0.05, 0.1) is 8.80 Å². The van der Waals surface area contributed by atoms with Gasteiger partial charge in [-0.25, -0.2) is 0 Å². The molecule has 0 spiro atoms. The van der Waals surface area contributed by atoms with Crippen molar-refractivity contribution >= 4 is 22.3 Å². The average molecular weight is 267 g/mol. The van der Waals surface area contributed by atoms with E-state index in [-0.39, 0.29) is 5.04 Å². The van der Waals surface area contributed by atoms with E-state index in [1.807, 2.05) is 0 Å². The molecule has 1 aromatic carbocycles. The lowest BCUT2D eigenvalue weighted by molar-refractivity contribution is 0.492. The molecule has 0 N–H and O–H groups in total. The maximum atomic E-state index is 6.26. The van der Waals surface area contributed by atoms with Crippen molar-refractivity contribution in [2.45, 2.75) is 52.0 Å². The summed E-state index contributed by atoms with van der Waals surface area (Å²) in [4.78, 5) is 0. The molecule has 0 radical (unpaired) electrons. The lowest BCUT2D eigenvalue weighted by Gasteiger charge is -2.36. The fourth-order valence-corrected chi connectivity index (χ4v) is 3.36. The zero-order chi connectivity index (χ0) is 13.3. The molecule has 1 aromatic rings. The highest BCUT2D eigenvalue weighted by molar-refractivity contribution is 6.74. The largest absolute Gasteiger partial charge is 0.544 e. The molecule has 96 valence electrons. The molecule has 1 rings (SSSR count). The molecular weight excluding hydrogens is 240 g/mol. The third kappa shape index (κ3) is 3.71. The molecule has 0 aliphatic rings. The Balaban J connectivity index is 2.83. The molecule has 0 fully saturated rings. The first kappa shape index (κ1) is 14.5. The lowest BCUT2D eigenvalue weighted by Crippen LogP contribution is -2.43. The summed E-state index contributed by atoms with van der Waals surface area (Å²) in [6.07, 6.45) is 0. The van der Waals surface area contributed by atoms with E-state index in [4.69, 9.17) is 4.43 Å². The van der Waals surface area contributed by atoms with Crippen molar-refractivity contribution in [1.82, 2.24) is 0 Å². The van der Waals surface area contributed by atoms with Gasteiger partial charge in [-0.3, -0.25) is 0 Å². The monoisotopic (exact) mass is 266 g/mol. The highest BCUT2D eigenvalue weighted by Gasteiger charge is 2.38. The van der Waals surface area contributed by atoms with Gasteiger partial charge in [-0.2, -0.15) is 0 Å². The van der Waals surface area contributed by atoms with E-state index in [0.29, 0.717) is 0 Å². The minimum absolute atomic E-state index is 0.262. The van der Waals surface area contributed by atoms with Crippen molar-refractivity contribution < 1.29 is 4.43 Å². The molecule has 0 bridgehead atoms. The smallest absolute Gasteiger partial charge is 0.250 e. The van der Waals surface area contributed by atoms with Gasteiger partial charge in [0.25, 0.3) is 0 Å². The van der Waals surface area contributed by atoms with Gasteiger partial charge < -0.3 is 4.43 Å². The number of rotatable bonds is 3. The SMILES string of the molecule is C[SiH](C)c1ccc(O[Si](C)(C)C(C)(C)C)cc1. The number of hydrogen-bond donors (Lipinski definition) is 0. The van der Waals surface area contributed by atoms with E-state index in [0.717, 1.165) is 5.75 Å². The maximum absolute atomic E-state index is 6.26. The molecule has 0 aliphatic carbocycles. The van der Waals surface area contributed by atoms with Gasteiger partial charge in [0, 0.05) is 0 Å². The summed E-state index contributed by atoms with van der Waals surface area (Å²) in [6, 6.07) is 8.75. The normalized spacial score (nSPS) is 12.9. The topological polar surface area (TPSA) is 9.23 Å². The molecule has 3 heteroatoms. The lowest BCUT2D eigenvalue weighted by atomic mass is 10.2. The Bertz CT molecular complexity index is 361. The first-order valence-corrected chi connectivity index (χ1v) is 12.2. The van der Waals surface area contributed by atoms with E-state index in [1.54, 1.807) is 0 Å². The summed E-state index contributed by atoms with van der Waals surface area (Å²) in [5.74, 6) is 1.04. The molecule has 0 unspecified atom stereocenters. The van der Waals surface area contributed by atoms with E-state index in [1.165, 1.54) is 5.19 Å². The van der Waals surface area contributed by atoms with E-state index in [2.05, 4.69) is 71.2 Å². The van der Waals surface area contributed by atoms with Gasteiger partial charge in [0.2, 0.25) is 8.32 Å². The van der Waals surface area contributed by atoms with Crippen LogP contribution < -0.4 is 9.61 Å². The molecular formula is C14H26OSi2. The summed E-state index contributed by atoms with van der Waals surface area (Å²) < 4.78 is 6.26. The van der Waals surface area contributed by atoms with Crippen LogP contribution in [0.25, 0.3) is 0 Å². The summed E-state index contributed by atoms with van der Waals surface area (Å²) >= 11 is 0. The van der Waals surface area contributed by atoms with Crippen LogP contribution in [0, 0.1) is 0 Å². The third-order valence-corrected chi connectivity index (χ3v) is 9.80. The van der Waals surface area contributed by atoms with Crippen molar-refractivity contribution in [2.24, 2.45) is 0 Å². The predicted molar refractivity (Wildman–Crippen MR) is 82.8 cm³/mol. The van der Waals surface area contributed by atoms with Gasteiger partial charge in [0.1, 0.15) is 5.75 Å². The Morgan fingerprint density at radius 3 is 1.82 bits per heavy atom.